The molecule has 0 aliphatic rings. The van der Waals surface area contributed by atoms with E-state index in [0.717, 1.165) is 28.3 Å². The van der Waals surface area contributed by atoms with Gasteiger partial charge in [0.05, 0.1) is 25.6 Å². The lowest BCUT2D eigenvalue weighted by Gasteiger charge is -2.12. The summed E-state index contributed by atoms with van der Waals surface area (Å²) in [7, 11) is 3.23. The third kappa shape index (κ3) is 4.46. The summed E-state index contributed by atoms with van der Waals surface area (Å²) in [5.41, 5.74) is 4.26. The molecule has 0 unspecified atom stereocenters. The molecule has 1 heterocycles. The Morgan fingerprint density at radius 3 is 2.54 bits per heavy atom. The maximum atomic E-state index is 11.8. The van der Waals surface area contributed by atoms with E-state index in [-0.39, 0.29) is 5.91 Å². The average Bonchev–Trinajstić information content (AvgIpc) is 2.74. The van der Waals surface area contributed by atoms with Crippen molar-refractivity contribution in [1.82, 2.24) is 9.97 Å². The molecule has 3 rings (SSSR count). The van der Waals surface area contributed by atoms with E-state index in [4.69, 9.17) is 9.47 Å². The molecule has 1 aromatic heterocycles. The second-order valence-corrected chi connectivity index (χ2v) is 6.21. The number of nitrogens with one attached hydrogen (secondary N) is 1. The first-order valence-corrected chi connectivity index (χ1v) is 9.05. The lowest BCUT2D eigenvalue weighted by Crippen LogP contribution is -2.10. The third-order valence-electron chi connectivity index (χ3n) is 4.35. The number of hydrogen-bond donors (Lipinski definition) is 1. The van der Waals surface area contributed by atoms with Crippen LogP contribution in [0.25, 0.3) is 11.3 Å². The summed E-state index contributed by atoms with van der Waals surface area (Å²) in [6.07, 6.45) is 2.56. The third-order valence-corrected chi connectivity index (χ3v) is 4.35. The largest absolute Gasteiger partial charge is 0.496 e. The normalized spacial score (nSPS) is 10.4. The van der Waals surface area contributed by atoms with Crippen LogP contribution in [-0.2, 0) is 11.2 Å². The molecule has 0 aliphatic heterocycles. The number of methoxy groups -OCH3 is 2. The minimum atomic E-state index is -0.0593. The van der Waals surface area contributed by atoms with E-state index in [1.165, 1.54) is 0 Å². The molecule has 0 saturated heterocycles. The maximum absolute atomic E-state index is 11.8. The van der Waals surface area contributed by atoms with E-state index < -0.39 is 0 Å². The number of carbonyl (C=O) groups is 1. The average molecular weight is 377 g/mol. The second kappa shape index (κ2) is 8.99. The fourth-order valence-electron chi connectivity index (χ4n) is 2.91. The van der Waals surface area contributed by atoms with Crippen molar-refractivity contribution in [2.24, 2.45) is 0 Å². The van der Waals surface area contributed by atoms with Crippen molar-refractivity contribution in [2.75, 3.05) is 19.5 Å². The molecule has 0 spiro atoms. The van der Waals surface area contributed by atoms with Gasteiger partial charge in [-0.2, -0.15) is 0 Å². The van der Waals surface area contributed by atoms with E-state index in [2.05, 4.69) is 15.3 Å². The van der Waals surface area contributed by atoms with Crippen molar-refractivity contribution in [3.63, 3.8) is 0 Å². The lowest BCUT2D eigenvalue weighted by molar-refractivity contribution is -0.115. The zero-order valence-electron chi connectivity index (χ0n) is 16.2. The van der Waals surface area contributed by atoms with Crippen LogP contribution in [-0.4, -0.2) is 30.1 Å². The molecule has 0 bridgehead atoms. The van der Waals surface area contributed by atoms with Gasteiger partial charge in [-0.05, 0) is 35.9 Å². The topological polar surface area (TPSA) is 73.3 Å². The monoisotopic (exact) mass is 377 g/mol. The van der Waals surface area contributed by atoms with Crippen molar-refractivity contribution in [1.29, 1.82) is 0 Å². The predicted octanol–water partition coefficient (Wildman–Crippen LogP) is 4.10. The van der Waals surface area contributed by atoms with Crippen molar-refractivity contribution >= 4 is 11.6 Å². The van der Waals surface area contributed by atoms with E-state index in [0.29, 0.717) is 24.3 Å². The number of para-hydroxylation sites is 1. The van der Waals surface area contributed by atoms with Gasteiger partial charge in [0.15, 0.2) is 0 Å². The number of ether oxygens (including phenoxy) is 2. The fourth-order valence-corrected chi connectivity index (χ4v) is 2.91. The summed E-state index contributed by atoms with van der Waals surface area (Å²) >= 11 is 0. The van der Waals surface area contributed by atoms with Crippen molar-refractivity contribution < 1.29 is 14.3 Å². The molecule has 0 fully saturated rings. The molecular weight excluding hydrogens is 354 g/mol. The summed E-state index contributed by atoms with van der Waals surface area (Å²) < 4.78 is 10.8. The number of nitrogens with zero attached hydrogens (tertiary/aromatic N) is 2. The zero-order valence-corrected chi connectivity index (χ0v) is 16.2. The number of aromatic nitrogens is 2. The van der Waals surface area contributed by atoms with Gasteiger partial charge in [0.1, 0.15) is 17.8 Å². The number of anilines is 1. The standard InChI is InChI=1S/C22H23N3O3/c1-4-22(26)25-19-12-15(9-10-21(19)28-3)11-16-13-18(24-14-23-16)17-7-5-6-8-20(17)27-2/h5-10,12-14H,4,11H2,1-3H3,(H,25,26). The molecule has 1 amide bonds. The van der Waals surface area contributed by atoms with Crippen LogP contribution in [0, 0.1) is 0 Å². The molecule has 0 radical (unpaired) electrons. The van der Waals surface area contributed by atoms with Gasteiger partial charge in [-0.3, -0.25) is 4.79 Å². The summed E-state index contributed by atoms with van der Waals surface area (Å²) in [6.45, 7) is 1.81. The van der Waals surface area contributed by atoms with Gasteiger partial charge in [-0.25, -0.2) is 9.97 Å². The quantitative estimate of drug-likeness (QED) is 0.671. The molecule has 0 aliphatic carbocycles. The molecular formula is C22H23N3O3. The van der Waals surface area contributed by atoms with Crippen LogP contribution in [0.1, 0.15) is 24.6 Å². The van der Waals surface area contributed by atoms with E-state index in [9.17, 15) is 4.79 Å². The number of amides is 1. The second-order valence-electron chi connectivity index (χ2n) is 6.21. The Bertz CT molecular complexity index is 973. The first-order valence-electron chi connectivity index (χ1n) is 9.05. The highest BCUT2D eigenvalue weighted by molar-refractivity contribution is 5.92. The van der Waals surface area contributed by atoms with Crippen molar-refractivity contribution in [2.45, 2.75) is 19.8 Å². The van der Waals surface area contributed by atoms with Crippen LogP contribution >= 0.6 is 0 Å². The van der Waals surface area contributed by atoms with Crippen molar-refractivity contribution in [3.05, 3.63) is 66.1 Å². The van der Waals surface area contributed by atoms with Gasteiger partial charge in [0, 0.05) is 24.1 Å². The SMILES string of the molecule is CCC(=O)Nc1cc(Cc2cc(-c3ccccc3OC)ncn2)ccc1OC. The summed E-state index contributed by atoms with van der Waals surface area (Å²) in [5.74, 6) is 1.33. The number of rotatable bonds is 7. The molecule has 2 aromatic carbocycles. The van der Waals surface area contributed by atoms with Gasteiger partial charge >= 0.3 is 0 Å². The van der Waals surface area contributed by atoms with Crippen LogP contribution in [0.3, 0.4) is 0 Å². The van der Waals surface area contributed by atoms with E-state index in [1.54, 1.807) is 20.5 Å². The minimum Gasteiger partial charge on any atom is -0.496 e. The Labute approximate surface area is 164 Å². The van der Waals surface area contributed by atoms with Gasteiger partial charge < -0.3 is 14.8 Å². The van der Waals surface area contributed by atoms with Crippen LogP contribution in [0.2, 0.25) is 0 Å². The highest BCUT2D eigenvalue weighted by Gasteiger charge is 2.11. The fraction of sp³-hybridized carbons (Fsp3) is 0.227. The van der Waals surface area contributed by atoms with Gasteiger partial charge in [0.25, 0.3) is 0 Å². The van der Waals surface area contributed by atoms with Crippen LogP contribution in [0.15, 0.2) is 54.9 Å². The highest BCUT2D eigenvalue weighted by atomic mass is 16.5. The first-order chi connectivity index (χ1) is 13.6. The molecule has 1 N–H and O–H groups in total. The zero-order chi connectivity index (χ0) is 19.9. The molecule has 6 nitrogen and oxygen atoms in total. The molecule has 3 aromatic rings. The van der Waals surface area contributed by atoms with Crippen molar-refractivity contribution in [3.8, 4) is 22.8 Å². The van der Waals surface area contributed by atoms with E-state index in [1.807, 2.05) is 55.5 Å². The molecule has 0 saturated carbocycles. The molecule has 6 heteroatoms. The summed E-state index contributed by atoms with van der Waals surface area (Å²) in [6, 6.07) is 15.4. The smallest absolute Gasteiger partial charge is 0.224 e. The Morgan fingerprint density at radius 2 is 1.79 bits per heavy atom. The molecule has 144 valence electrons. The molecule has 0 atom stereocenters. The maximum Gasteiger partial charge on any atom is 0.224 e. The lowest BCUT2D eigenvalue weighted by atomic mass is 10.1. The summed E-state index contributed by atoms with van der Waals surface area (Å²) in [5, 5.41) is 2.88. The Balaban J connectivity index is 1.88. The number of benzene rings is 2. The minimum absolute atomic E-state index is 0.0593. The highest BCUT2D eigenvalue weighted by Crippen LogP contribution is 2.29. The van der Waals surface area contributed by atoms with E-state index >= 15 is 0 Å². The number of hydrogen-bond acceptors (Lipinski definition) is 5. The van der Waals surface area contributed by atoms with Gasteiger partial charge in [-0.1, -0.05) is 25.1 Å². The van der Waals surface area contributed by atoms with Gasteiger partial charge in [0.2, 0.25) is 5.91 Å². The molecule has 28 heavy (non-hydrogen) atoms. The first kappa shape index (κ1) is 19.4. The van der Waals surface area contributed by atoms with Crippen LogP contribution in [0.4, 0.5) is 5.69 Å². The Hall–Kier alpha value is -3.41. The van der Waals surface area contributed by atoms with Crippen LogP contribution in [0.5, 0.6) is 11.5 Å². The Morgan fingerprint density at radius 1 is 1.00 bits per heavy atom. The summed E-state index contributed by atoms with van der Waals surface area (Å²) in [4.78, 5) is 20.6. The van der Waals surface area contributed by atoms with Gasteiger partial charge in [-0.15, -0.1) is 0 Å². The number of carbonyl (C=O) groups excluding carboxylic acids is 1. The Kier molecular flexibility index (Phi) is 6.22. The van der Waals surface area contributed by atoms with Crippen LogP contribution < -0.4 is 14.8 Å². The predicted molar refractivity (Wildman–Crippen MR) is 109 cm³/mol.